The lowest BCUT2D eigenvalue weighted by Gasteiger charge is -2.36. The molecule has 0 spiro atoms. The lowest BCUT2D eigenvalue weighted by atomic mass is 9.78. The Morgan fingerprint density at radius 1 is 1.36 bits per heavy atom. The smallest absolute Gasteiger partial charge is 0.0660 e. The van der Waals surface area contributed by atoms with Crippen LogP contribution >= 0.6 is 0 Å². The fourth-order valence-corrected chi connectivity index (χ4v) is 1.63. The SMILES string of the molecule is OC1(CCNC2CC2)CCC1. The average Bonchev–Trinajstić information content (AvgIpc) is 2.68. The zero-order valence-electron chi connectivity index (χ0n) is 6.97. The molecule has 0 heterocycles. The first-order valence-corrected chi connectivity index (χ1v) is 4.74. The number of hydrogen-bond donors (Lipinski definition) is 2. The number of aliphatic hydroxyl groups is 1. The van der Waals surface area contributed by atoms with Gasteiger partial charge in [-0.3, -0.25) is 0 Å². The molecule has 2 aliphatic rings. The molecule has 0 amide bonds. The Morgan fingerprint density at radius 3 is 2.55 bits per heavy atom. The molecule has 0 bridgehead atoms. The van der Waals surface area contributed by atoms with Crippen LogP contribution in [-0.2, 0) is 0 Å². The maximum Gasteiger partial charge on any atom is 0.0660 e. The Kier molecular flexibility index (Phi) is 1.90. The predicted octanol–water partition coefficient (Wildman–Crippen LogP) is 1.04. The molecule has 2 N–H and O–H groups in total. The molecule has 0 unspecified atom stereocenters. The Hall–Kier alpha value is -0.0800. The first-order valence-electron chi connectivity index (χ1n) is 4.74. The summed E-state index contributed by atoms with van der Waals surface area (Å²) < 4.78 is 0. The van der Waals surface area contributed by atoms with E-state index in [1.807, 2.05) is 0 Å². The summed E-state index contributed by atoms with van der Waals surface area (Å²) in [5.74, 6) is 0. The maximum absolute atomic E-state index is 9.70. The lowest BCUT2D eigenvalue weighted by molar-refractivity contribution is -0.0395. The van der Waals surface area contributed by atoms with Crippen LogP contribution in [0.4, 0.5) is 0 Å². The van der Waals surface area contributed by atoms with E-state index in [4.69, 9.17) is 0 Å². The average molecular weight is 155 g/mol. The first kappa shape index (κ1) is 7.56. The molecule has 0 aromatic carbocycles. The van der Waals surface area contributed by atoms with Crippen molar-refractivity contribution < 1.29 is 5.11 Å². The molecule has 0 saturated heterocycles. The molecular formula is C9H17NO. The Bertz CT molecular complexity index is 138. The highest BCUT2D eigenvalue weighted by atomic mass is 16.3. The number of rotatable bonds is 4. The molecule has 2 saturated carbocycles. The van der Waals surface area contributed by atoms with Gasteiger partial charge in [-0.1, -0.05) is 0 Å². The minimum absolute atomic E-state index is 0.276. The van der Waals surface area contributed by atoms with Crippen LogP contribution in [0.3, 0.4) is 0 Å². The third-order valence-electron chi connectivity index (χ3n) is 2.88. The van der Waals surface area contributed by atoms with Crippen molar-refractivity contribution >= 4 is 0 Å². The fraction of sp³-hybridized carbons (Fsp3) is 1.00. The molecule has 2 rings (SSSR count). The van der Waals surface area contributed by atoms with Crippen molar-refractivity contribution in [2.45, 2.75) is 50.2 Å². The van der Waals surface area contributed by atoms with Gasteiger partial charge in [0.25, 0.3) is 0 Å². The third-order valence-corrected chi connectivity index (χ3v) is 2.88. The molecule has 2 nitrogen and oxygen atoms in total. The zero-order chi connectivity index (χ0) is 7.73. The van der Waals surface area contributed by atoms with Gasteiger partial charge in [0.05, 0.1) is 5.60 Å². The highest BCUT2D eigenvalue weighted by Gasteiger charge is 2.34. The van der Waals surface area contributed by atoms with E-state index in [-0.39, 0.29) is 5.60 Å². The van der Waals surface area contributed by atoms with Crippen molar-refractivity contribution in [3.8, 4) is 0 Å². The minimum Gasteiger partial charge on any atom is -0.390 e. The van der Waals surface area contributed by atoms with Gasteiger partial charge in [-0.05, 0) is 45.1 Å². The van der Waals surface area contributed by atoms with Crippen LogP contribution in [0, 0.1) is 0 Å². The second-order valence-electron chi connectivity index (χ2n) is 4.06. The van der Waals surface area contributed by atoms with Crippen LogP contribution in [0.25, 0.3) is 0 Å². The van der Waals surface area contributed by atoms with Crippen LogP contribution in [0.1, 0.15) is 38.5 Å². The minimum atomic E-state index is -0.276. The molecule has 0 aromatic heterocycles. The van der Waals surface area contributed by atoms with Crippen molar-refractivity contribution in [1.82, 2.24) is 5.32 Å². The number of hydrogen-bond acceptors (Lipinski definition) is 2. The molecule has 0 atom stereocenters. The van der Waals surface area contributed by atoms with E-state index in [0.29, 0.717) is 0 Å². The van der Waals surface area contributed by atoms with Gasteiger partial charge in [-0.25, -0.2) is 0 Å². The second-order valence-corrected chi connectivity index (χ2v) is 4.06. The summed E-state index contributed by atoms with van der Waals surface area (Å²) in [5, 5.41) is 13.1. The summed E-state index contributed by atoms with van der Waals surface area (Å²) in [6.45, 7) is 1.02. The Morgan fingerprint density at radius 2 is 2.09 bits per heavy atom. The van der Waals surface area contributed by atoms with Crippen molar-refractivity contribution in [3.05, 3.63) is 0 Å². The van der Waals surface area contributed by atoms with Crippen LogP contribution in [-0.4, -0.2) is 23.3 Å². The summed E-state index contributed by atoms with van der Waals surface area (Å²) in [7, 11) is 0. The Balaban J connectivity index is 1.57. The topological polar surface area (TPSA) is 32.3 Å². The van der Waals surface area contributed by atoms with Crippen LogP contribution in [0.15, 0.2) is 0 Å². The quantitative estimate of drug-likeness (QED) is 0.636. The van der Waals surface area contributed by atoms with Crippen molar-refractivity contribution in [3.63, 3.8) is 0 Å². The van der Waals surface area contributed by atoms with Crippen molar-refractivity contribution in [2.75, 3.05) is 6.54 Å². The molecule has 0 radical (unpaired) electrons. The van der Waals surface area contributed by atoms with Gasteiger partial charge in [-0.2, -0.15) is 0 Å². The predicted molar refractivity (Wildman–Crippen MR) is 44.4 cm³/mol. The maximum atomic E-state index is 9.70. The van der Waals surface area contributed by atoms with Gasteiger partial charge in [0.1, 0.15) is 0 Å². The molecule has 2 heteroatoms. The van der Waals surface area contributed by atoms with E-state index in [1.54, 1.807) is 0 Å². The van der Waals surface area contributed by atoms with E-state index < -0.39 is 0 Å². The first-order chi connectivity index (χ1) is 5.29. The fourth-order valence-electron chi connectivity index (χ4n) is 1.63. The van der Waals surface area contributed by atoms with E-state index >= 15 is 0 Å². The molecular weight excluding hydrogens is 138 g/mol. The van der Waals surface area contributed by atoms with Gasteiger partial charge in [-0.15, -0.1) is 0 Å². The summed E-state index contributed by atoms with van der Waals surface area (Å²) in [6, 6.07) is 0.790. The highest BCUT2D eigenvalue weighted by Crippen LogP contribution is 2.34. The van der Waals surface area contributed by atoms with Gasteiger partial charge in [0.2, 0.25) is 0 Å². The van der Waals surface area contributed by atoms with Crippen LogP contribution in [0.5, 0.6) is 0 Å². The number of nitrogens with one attached hydrogen (secondary N) is 1. The van der Waals surface area contributed by atoms with Gasteiger partial charge < -0.3 is 10.4 Å². The molecule has 64 valence electrons. The molecule has 11 heavy (non-hydrogen) atoms. The standard InChI is InChI=1S/C9H17NO/c11-9(4-1-5-9)6-7-10-8-2-3-8/h8,10-11H,1-7H2. The summed E-state index contributed by atoms with van der Waals surface area (Å²) in [4.78, 5) is 0. The molecule has 0 aliphatic heterocycles. The molecule has 0 aromatic rings. The van der Waals surface area contributed by atoms with Gasteiger partial charge >= 0.3 is 0 Å². The van der Waals surface area contributed by atoms with Crippen molar-refractivity contribution in [1.29, 1.82) is 0 Å². The van der Waals surface area contributed by atoms with Gasteiger partial charge in [0.15, 0.2) is 0 Å². The summed E-state index contributed by atoms with van der Waals surface area (Å²) in [6.07, 6.45) is 6.93. The van der Waals surface area contributed by atoms with E-state index in [0.717, 1.165) is 31.8 Å². The van der Waals surface area contributed by atoms with E-state index in [9.17, 15) is 5.11 Å². The largest absolute Gasteiger partial charge is 0.390 e. The molecule has 2 fully saturated rings. The van der Waals surface area contributed by atoms with Crippen LogP contribution in [0.2, 0.25) is 0 Å². The Labute approximate surface area is 68.0 Å². The zero-order valence-corrected chi connectivity index (χ0v) is 6.97. The van der Waals surface area contributed by atoms with E-state index in [1.165, 1.54) is 19.3 Å². The van der Waals surface area contributed by atoms with Gasteiger partial charge in [0, 0.05) is 6.04 Å². The van der Waals surface area contributed by atoms with E-state index in [2.05, 4.69) is 5.32 Å². The normalized spacial score (nSPS) is 28.1. The summed E-state index contributed by atoms with van der Waals surface area (Å²) >= 11 is 0. The summed E-state index contributed by atoms with van der Waals surface area (Å²) in [5.41, 5.74) is -0.276. The lowest BCUT2D eigenvalue weighted by Crippen LogP contribution is -2.39. The van der Waals surface area contributed by atoms with Crippen LogP contribution < -0.4 is 5.32 Å². The third kappa shape index (κ3) is 1.94. The van der Waals surface area contributed by atoms with Crippen molar-refractivity contribution in [2.24, 2.45) is 0 Å². The molecule has 2 aliphatic carbocycles. The monoisotopic (exact) mass is 155 g/mol. The second kappa shape index (κ2) is 2.76. The highest BCUT2D eigenvalue weighted by molar-refractivity contribution is 4.89.